The second-order valence-corrected chi connectivity index (χ2v) is 8.55. The molecule has 1 heterocycles. The lowest BCUT2D eigenvalue weighted by molar-refractivity contribution is -0.115. The highest BCUT2D eigenvalue weighted by molar-refractivity contribution is 8.00. The SMILES string of the molecule is CC[C@@H](Sc1ccc(C)cc1)C(=O)Nc1nnc(-c2cc(OC)ccc2OC)s1. The zero-order valence-corrected chi connectivity index (χ0v) is 18.4. The Bertz CT molecular complexity index is 974. The van der Waals surface area contributed by atoms with Crippen molar-refractivity contribution in [1.82, 2.24) is 10.2 Å². The number of anilines is 1. The first kappa shape index (κ1) is 21.1. The van der Waals surface area contributed by atoms with Gasteiger partial charge in [-0.2, -0.15) is 0 Å². The van der Waals surface area contributed by atoms with E-state index in [9.17, 15) is 4.79 Å². The molecule has 0 bridgehead atoms. The van der Waals surface area contributed by atoms with Gasteiger partial charge in [-0.1, -0.05) is 36.0 Å². The maximum atomic E-state index is 12.7. The minimum atomic E-state index is -0.212. The molecule has 3 aromatic rings. The van der Waals surface area contributed by atoms with Gasteiger partial charge in [-0.25, -0.2) is 0 Å². The quantitative estimate of drug-likeness (QED) is 0.506. The number of thioether (sulfide) groups is 1. The van der Waals surface area contributed by atoms with Gasteiger partial charge >= 0.3 is 0 Å². The van der Waals surface area contributed by atoms with Crippen molar-refractivity contribution in [3.8, 4) is 22.1 Å². The Morgan fingerprint density at radius 1 is 1.14 bits per heavy atom. The maximum Gasteiger partial charge on any atom is 0.239 e. The molecule has 6 nitrogen and oxygen atoms in total. The first-order valence-corrected chi connectivity index (χ1v) is 10.8. The van der Waals surface area contributed by atoms with E-state index in [1.54, 1.807) is 26.0 Å². The largest absolute Gasteiger partial charge is 0.497 e. The van der Waals surface area contributed by atoms with Crippen LogP contribution in [0.3, 0.4) is 0 Å². The topological polar surface area (TPSA) is 73.3 Å². The number of methoxy groups -OCH3 is 2. The van der Waals surface area contributed by atoms with Gasteiger partial charge in [-0.05, 0) is 43.7 Å². The van der Waals surface area contributed by atoms with Crippen LogP contribution in [0.15, 0.2) is 47.4 Å². The molecule has 0 aliphatic heterocycles. The van der Waals surface area contributed by atoms with Crippen LogP contribution >= 0.6 is 23.1 Å². The van der Waals surface area contributed by atoms with E-state index in [2.05, 4.69) is 15.5 Å². The molecule has 0 fully saturated rings. The normalized spacial score (nSPS) is 11.7. The molecule has 0 aliphatic carbocycles. The number of carbonyl (C=O) groups is 1. The molecular formula is C21H23N3O3S2. The van der Waals surface area contributed by atoms with Crippen molar-refractivity contribution in [2.45, 2.75) is 30.4 Å². The molecule has 1 aromatic heterocycles. The standard InChI is InChI=1S/C21H23N3O3S2/c1-5-18(28-15-9-6-13(2)7-10-15)19(25)22-21-24-23-20(29-21)16-12-14(26-3)8-11-17(16)27-4/h6-12,18H,5H2,1-4H3,(H,22,24,25)/t18-/m1/s1. The first-order chi connectivity index (χ1) is 14.0. The van der Waals surface area contributed by atoms with Crippen molar-refractivity contribution in [1.29, 1.82) is 0 Å². The number of aryl methyl sites for hydroxylation is 1. The van der Waals surface area contributed by atoms with Gasteiger partial charge < -0.3 is 9.47 Å². The lowest BCUT2D eigenvalue weighted by Crippen LogP contribution is -2.24. The maximum absolute atomic E-state index is 12.7. The van der Waals surface area contributed by atoms with Crippen LogP contribution in [0.2, 0.25) is 0 Å². The van der Waals surface area contributed by atoms with Crippen molar-refractivity contribution < 1.29 is 14.3 Å². The molecule has 0 unspecified atom stereocenters. The van der Waals surface area contributed by atoms with Crippen LogP contribution in [-0.2, 0) is 4.79 Å². The number of hydrogen-bond donors (Lipinski definition) is 1. The van der Waals surface area contributed by atoms with Crippen LogP contribution < -0.4 is 14.8 Å². The number of carbonyl (C=O) groups excluding carboxylic acids is 1. The number of amides is 1. The summed E-state index contributed by atoms with van der Waals surface area (Å²) in [6, 6.07) is 13.6. The third kappa shape index (κ3) is 5.27. The van der Waals surface area contributed by atoms with E-state index in [4.69, 9.17) is 9.47 Å². The van der Waals surface area contributed by atoms with E-state index in [1.165, 1.54) is 16.9 Å². The number of nitrogens with zero attached hydrogens (tertiary/aromatic N) is 2. The fourth-order valence-electron chi connectivity index (χ4n) is 2.65. The Labute approximate surface area is 178 Å². The molecule has 3 rings (SSSR count). The van der Waals surface area contributed by atoms with Gasteiger partial charge in [0.2, 0.25) is 11.0 Å². The van der Waals surface area contributed by atoms with Gasteiger partial charge in [0.1, 0.15) is 11.5 Å². The Balaban J connectivity index is 1.73. The van der Waals surface area contributed by atoms with Crippen molar-refractivity contribution in [3.63, 3.8) is 0 Å². The minimum Gasteiger partial charge on any atom is -0.497 e. The van der Waals surface area contributed by atoms with E-state index < -0.39 is 0 Å². The Morgan fingerprint density at radius 2 is 1.90 bits per heavy atom. The Kier molecular flexibility index (Phi) is 7.11. The van der Waals surface area contributed by atoms with Crippen LogP contribution in [0.5, 0.6) is 11.5 Å². The van der Waals surface area contributed by atoms with E-state index >= 15 is 0 Å². The highest BCUT2D eigenvalue weighted by Crippen LogP contribution is 2.36. The summed E-state index contributed by atoms with van der Waals surface area (Å²) < 4.78 is 10.7. The summed E-state index contributed by atoms with van der Waals surface area (Å²) in [6.07, 6.45) is 0.708. The second-order valence-electron chi connectivity index (χ2n) is 6.30. The van der Waals surface area contributed by atoms with Gasteiger partial charge in [-0.3, -0.25) is 10.1 Å². The summed E-state index contributed by atoms with van der Waals surface area (Å²) in [5, 5.41) is 12.1. The summed E-state index contributed by atoms with van der Waals surface area (Å²) in [7, 11) is 3.21. The van der Waals surface area contributed by atoms with Gasteiger partial charge in [-0.15, -0.1) is 22.0 Å². The highest BCUT2D eigenvalue weighted by Gasteiger charge is 2.20. The summed E-state index contributed by atoms with van der Waals surface area (Å²) >= 11 is 2.85. The minimum absolute atomic E-state index is 0.0848. The van der Waals surface area contributed by atoms with Crippen LogP contribution in [0.1, 0.15) is 18.9 Å². The lowest BCUT2D eigenvalue weighted by Gasteiger charge is -2.13. The molecule has 2 aromatic carbocycles. The molecule has 1 N–H and O–H groups in total. The predicted molar refractivity (Wildman–Crippen MR) is 118 cm³/mol. The smallest absolute Gasteiger partial charge is 0.239 e. The summed E-state index contributed by atoms with van der Waals surface area (Å²) in [4.78, 5) is 13.8. The van der Waals surface area contributed by atoms with Gasteiger partial charge in [0.25, 0.3) is 0 Å². The van der Waals surface area contributed by atoms with E-state index in [0.29, 0.717) is 28.1 Å². The molecule has 1 atom stereocenters. The molecule has 0 radical (unpaired) electrons. The average molecular weight is 430 g/mol. The molecule has 152 valence electrons. The van der Waals surface area contributed by atoms with Gasteiger partial charge in [0, 0.05) is 4.90 Å². The Morgan fingerprint density at radius 3 is 2.55 bits per heavy atom. The predicted octanol–water partition coefficient (Wildman–Crippen LogP) is 5.04. The molecule has 8 heteroatoms. The van der Waals surface area contributed by atoms with Crippen LogP contribution in [0.4, 0.5) is 5.13 Å². The summed E-state index contributed by atoms with van der Waals surface area (Å²) in [6.45, 7) is 4.04. The zero-order valence-electron chi connectivity index (χ0n) is 16.8. The highest BCUT2D eigenvalue weighted by atomic mass is 32.2. The molecule has 1 amide bonds. The van der Waals surface area contributed by atoms with E-state index in [1.807, 2.05) is 56.3 Å². The number of rotatable bonds is 8. The third-order valence-electron chi connectivity index (χ3n) is 4.25. The molecule has 0 saturated heterocycles. The number of benzene rings is 2. The van der Waals surface area contributed by atoms with Crippen LogP contribution in [-0.4, -0.2) is 35.6 Å². The van der Waals surface area contributed by atoms with E-state index in [0.717, 1.165) is 10.5 Å². The number of nitrogens with one attached hydrogen (secondary N) is 1. The van der Waals surface area contributed by atoms with E-state index in [-0.39, 0.29) is 11.2 Å². The van der Waals surface area contributed by atoms with Gasteiger partial charge in [0.15, 0.2) is 5.01 Å². The summed E-state index contributed by atoms with van der Waals surface area (Å²) in [5.74, 6) is 1.28. The number of ether oxygens (including phenoxy) is 2. The fourth-order valence-corrected chi connectivity index (χ4v) is 4.37. The van der Waals surface area contributed by atoms with Crippen molar-refractivity contribution >= 4 is 34.1 Å². The number of aromatic nitrogens is 2. The van der Waals surface area contributed by atoms with Crippen molar-refractivity contribution in [2.24, 2.45) is 0 Å². The Hall–Kier alpha value is -2.58. The van der Waals surface area contributed by atoms with Crippen molar-refractivity contribution in [3.05, 3.63) is 48.0 Å². The van der Waals surface area contributed by atoms with Crippen LogP contribution in [0.25, 0.3) is 10.6 Å². The monoisotopic (exact) mass is 429 g/mol. The lowest BCUT2D eigenvalue weighted by atomic mass is 10.2. The molecule has 0 spiro atoms. The van der Waals surface area contributed by atoms with Crippen molar-refractivity contribution in [2.75, 3.05) is 19.5 Å². The molecule has 0 aliphatic rings. The zero-order chi connectivity index (χ0) is 20.8. The summed E-state index contributed by atoms with van der Waals surface area (Å²) in [5.41, 5.74) is 1.96. The first-order valence-electron chi connectivity index (χ1n) is 9.14. The van der Waals surface area contributed by atoms with Crippen LogP contribution in [0, 0.1) is 6.92 Å². The van der Waals surface area contributed by atoms with Gasteiger partial charge in [0.05, 0.1) is 25.0 Å². The molecule has 0 saturated carbocycles. The second kappa shape index (κ2) is 9.76. The fraction of sp³-hybridized carbons (Fsp3) is 0.286. The third-order valence-corrected chi connectivity index (χ3v) is 6.50. The number of hydrogen-bond acceptors (Lipinski definition) is 7. The molecule has 29 heavy (non-hydrogen) atoms. The average Bonchev–Trinajstić information content (AvgIpc) is 3.20. The molecular weight excluding hydrogens is 406 g/mol.